The van der Waals surface area contributed by atoms with Gasteiger partial charge in [-0.15, -0.1) is 10.2 Å². The Kier molecular flexibility index (Phi) is 3.24. The molecule has 1 N–H and O–H groups in total. The van der Waals surface area contributed by atoms with Gasteiger partial charge in [-0.2, -0.15) is 5.26 Å². The predicted octanol–water partition coefficient (Wildman–Crippen LogP) is 2.96. The lowest BCUT2D eigenvalue weighted by Gasteiger charge is -2.09. The minimum Gasteiger partial charge on any atom is -0.275 e. The summed E-state index contributed by atoms with van der Waals surface area (Å²) in [6.07, 6.45) is 1.82. The molecule has 0 amide bonds. The molecule has 0 saturated carbocycles. The molecule has 0 bridgehead atoms. The Morgan fingerprint density at radius 3 is 2.33 bits per heavy atom. The number of aryl methyl sites for hydroxylation is 3. The fourth-order valence-corrected chi connectivity index (χ4v) is 1.84. The van der Waals surface area contributed by atoms with Crippen LogP contribution in [0.25, 0.3) is 11.3 Å². The van der Waals surface area contributed by atoms with E-state index < -0.39 is 0 Å². The summed E-state index contributed by atoms with van der Waals surface area (Å²) in [6.45, 7) is 6.24. The first-order valence-electron chi connectivity index (χ1n) is 5.69. The van der Waals surface area contributed by atoms with Crippen molar-refractivity contribution in [1.29, 1.82) is 5.26 Å². The van der Waals surface area contributed by atoms with Crippen LogP contribution in [0.1, 0.15) is 16.7 Å². The lowest BCUT2D eigenvalue weighted by Crippen LogP contribution is -1.96. The van der Waals surface area contributed by atoms with Gasteiger partial charge in [0.15, 0.2) is 12.0 Å². The van der Waals surface area contributed by atoms with Gasteiger partial charge >= 0.3 is 0 Å². The number of nitrogens with zero attached hydrogens (tertiary/aromatic N) is 3. The van der Waals surface area contributed by atoms with Gasteiger partial charge in [-0.3, -0.25) is 5.32 Å². The zero-order chi connectivity index (χ0) is 13.1. The van der Waals surface area contributed by atoms with E-state index >= 15 is 0 Å². The van der Waals surface area contributed by atoms with Crippen molar-refractivity contribution in [3.63, 3.8) is 0 Å². The average Bonchev–Trinajstić information content (AvgIpc) is 2.35. The second kappa shape index (κ2) is 4.84. The highest BCUT2D eigenvalue weighted by Crippen LogP contribution is 2.24. The molecule has 0 aliphatic rings. The van der Waals surface area contributed by atoms with Crippen LogP contribution in [0.2, 0.25) is 0 Å². The SMILES string of the molecule is Cc1cc(C)c(-c2ccc(NC#N)nn2)cc1C. The van der Waals surface area contributed by atoms with Crippen LogP contribution >= 0.6 is 0 Å². The molecule has 2 rings (SSSR count). The van der Waals surface area contributed by atoms with Crippen molar-refractivity contribution in [2.75, 3.05) is 5.32 Å². The molecule has 1 aromatic heterocycles. The van der Waals surface area contributed by atoms with Crippen molar-refractivity contribution in [3.05, 3.63) is 41.0 Å². The molecule has 4 nitrogen and oxygen atoms in total. The minimum atomic E-state index is 0.461. The van der Waals surface area contributed by atoms with Gasteiger partial charge in [-0.05, 0) is 55.7 Å². The molecule has 0 radical (unpaired) electrons. The Bertz CT molecular complexity index is 609. The number of hydrogen-bond acceptors (Lipinski definition) is 4. The van der Waals surface area contributed by atoms with Crippen LogP contribution in [-0.2, 0) is 0 Å². The molecule has 0 fully saturated rings. The first-order chi connectivity index (χ1) is 8.61. The molecule has 18 heavy (non-hydrogen) atoms. The predicted molar refractivity (Wildman–Crippen MR) is 70.9 cm³/mol. The first kappa shape index (κ1) is 12.1. The molecule has 90 valence electrons. The zero-order valence-corrected chi connectivity index (χ0v) is 10.7. The van der Waals surface area contributed by atoms with E-state index in [2.05, 4.69) is 48.4 Å². The lowest BCUT2D eigenvalue weighted by molar-refractivity contribution is 1.04. The maximum absolute atomic E-state index is 8.49. The lowest BCUT2D eigenvalue weighted by atomic mass is 9.99. The van der Waals surface area contributed by atoms with Crippen LogP contribution in [0, 0.1) is 32.2 Å². The smallest absolute Gasteiger partial charge is 0.182 e. The molecule has 2 aromatic rings. The van der Waals surface area contributed by atoms with E-state index in [-0.39, 0.29) is 0 Å². The van der Waals surface area contributed by atoms with E-state index in [9.17, 15) is 0 Å². The molecular weight excluding hydrogens is 224 g/mol. The average molecular weight is 238 g/mol. The summed E-state index contributed by atoms with van der Waals surface area (Å²) in [5, 5.41) is 19.0. The highest BCUT2D eigenvalue weighted by Gasteiger charge is 2.06. The molecule has 4 heteroatoms. The van der Waals surface area contributed by atoms with E-state index in [1.54, 1.807) is 6.07 Å². The van der Waals surface area contributed by atoms with Gasteiger partial charge in [0.25, 0.3) is 0 Å². The van der Waals surface area contributed by atoms with E-state index in [1.165, 1.54) is 16.7 Å². The van der Waals surface area contributed by atoms with Crippen molar-refractivity contribution in [2.45, 2.75) is 20.8 Å². The van der Waals surface area contributed by atoms with E-state index in [4.69, 9.17) is 5.26 Å². The summed E-state index contributed by atoms with van der Waals surface area (Å²) in [4.78, 5) is 0. The second-order valence-corrected chi connectivity index (χ2v) is 4.29. The third-order valence-electron chi connectivity index (χ3n) is 2.97. The van der Waals surface area contributed by atoms with Gasteiger partial charge in [0, 0.05) is 5.56 Å². The zero-order valence-electron chi connectivity index (χ0n) is 10.7. The van der Waals surface area contributed by atoms with Gasteiger partial charge in [0.1, 0.15) is 0 Å². The summed E-state index contributed by atoms with van der Waals surface area (Å²) < 4.78 is 0. The van der Waals surface area contributed by atoms with E-state index in [1.807, 2.05) is 12.3 Å². The number of benzene rings is 1. The van der Waals surface area contributed by atoms with Gasteiger partial charge < -0.3 is 0 Å². The summed E-state index contributed by atoms with van der Waals surface area (Å²) in [5.41, 5.74) is 5.57. The quantitative estimate of drug-likeness (QED) is 0.645. The Morgan fingerprint density at radius 1 is 1.00 bits per heavy atom. The molecule has 0 atom stereocenters. The van der Waals surface area contributed by atoms with Gasteiger partial charge in [-0.25, -0.2) is 0 Å². The van der Waals surface area contributed by atoms with E-state index in [0.29, 0.717) is 5.82 Å². The molecule has 1 heterocycles. The number of hydrogen-bond donors (Lipinski definition) is 1. The van der Waals surface area contributed by atoms with Crippen LogP contribution < -0.4 is 5.32 Å². The van der Waals surface area contributed by atoms with Crippen LogP contribution in [0.5, 0.6) is 0 Å². The summed E-state index contributed by atoms with van der Waals surface area (Å²) in [5.74, 6) is 0.461. The second-order valence-electron chi connectivity index (χ2n) is 4.29. The monoisotopic (exact) mass is 238 g/mol. The standard InChI is InChI=1S/C14H14N4/c1-9-6-11(3)12(7-10(9)2)13-4-5-14(16-8-15)18-17-13/h4-7H,1-3H3,(H,16,18). The normalized spacial score (nSPS) is 9.89. The number of rotatable bonds is 2. The minimum absolute atomic E-state index is 0.461. The first-order valence-corrected chi connectivity index (χ1v) is 5.69. The Balaban J connectivity index is 2.43. The molecule has 1 aromatic carbocycles. The highest BCUT2D eigenvalue weighted by atomic mass is 15.2. The van der Waals surface area contributed by atoms with Gasteiger partial charge in [-0.1, -0.05) is 6.07 Å². The van der Waals surface area contributed by atoms with Crippen molar-refractivity contribution < 1.29 is 0 Å². The van der Waals surface area contributed by atoms with Crippen LogP contribution in [0.3, 0.4) is 0 Å². The van der Waals surface area contributed by atoms with Gasteiger partial charge in [0.05, 0.1) is 5.69 Å². The molecular formula is C14H14N4. The number of anilines is 1. The Hall–Kier alpha value is -2.41. The Labute approximate surface area is 106 Å². The fourth-order valence-electron chi connectivity index (χ4n) is 1.84. The fraction of sp³-hybridized carbons (Fsp3) is 0.214. The third-order valence-corrected chi connectivity index (χ3v) is 2.97. The number of nitriles is 1. The number of nitrogens with one attached hydrogen (secondary N) is 1. The Morgan fingerprint density at radius 2 is 1.72 bits per heavy atom. The molecule has 0 aliphatic carbocycles. The molecule has 0 spiro atoms. The number of aromatic nitrogens is 2. The van der Waals surface area contributed by atoms with Gasteiger partial charge in [0.2, 0.25) is 0 Å². The summed E-state index contributed by atoms with van der Waals surface area (Å²) in [7, 11) is 0. The molecule has 0 saturated heterocycles. The maximum atomic E-state index is 8.49. The van der Waals surface area contributed by atoms with Crippen LogP contribution in [0.15, 0.2) is 24.3 Å². The summed E-state index contributed by atoms with van der Waals surface area (Å²) in [6, 6.07) is 7.88. The van der Waals surface area contributed by atoms with Crippen LogP contribution in [0.4, 0.5) is 5.82 Å². The van der Waals surface area contributed by atoms with Crippen molar-refractivity contribution >= 4 is 5.82 Å². The molecule has 0 aliphatic heterocycles. The van der Waals surface area contributed by atoms with Crippen molar-refractivity contribution in [1.82, 2.24) is 10.2 Å². The van der Waals surface area contributed by atoms with Crippen LogP contribution in [-0.4, -0.2) is 10.2 Å². The summed E-state index contributed by atoms with van der Waals surface area (Å²) >= 11 is 0. The van der Waals surface area contributed by atoms with E-state index in [0.717, 1.165) is 11.3 Å². The highest BCUT2D eigenvalue weighted by molar-refractivity contribution is 5.65. The third kappa shape index (κ3) is 2.30. The molecule has 0 unspecified atom stereocenters. The topological polar surface area (TPSA) is 61.6 Å². The van der Waals surface area contributed by atoms with Crippen molar-refractivity contribution in [2.24, 2.45) is 0 Å². The van der Waals surface area contributed by atoms with Crippen molar-refractivity contribution in [3.8, 4) is 17.5 Å². The largest absolute Gasteiger partial charge is 0.275 e. The maximum Gasteiger partial charge on any atom is 0.182 e.